The van der Waals surface area contributed by atoms with Crippen molar-refractivity contribution in [3.63, 3.8) is 0 Å². The molecule has 0 bridgehead atoms. The van der Waals surface area contributed by atoms with Crippen molar-refractivity contribution in [1.29, 1.82) is 0 Å². The molecule has 0 atom stereocenters. The largest absolute Gasteiger partial charge is 0.254 e. The number of aromatic nitrogens is 1. The molecule has 1 aromatic carbocycles. The fraction of sp³-hybridized carbons (Fsp3) is 0.357. The van der Waals surface area contributed by atoms with Gasteiger partial charge in [0.15, 0.2) is 0 Å². The van der Waals surface area contributed by atoms with E-state index in [2.05, 4.69) is 25.8 Å². The Morgan fingerprint density at radius 1 is 1.24 bits per heavy atom. The van der Waals surface area contributed by atoms with Gasteiger partial charge in [-0.25, -0.2) is 0 Å². The van der Waals surface area contributed by atoms with Crippen molar-refractivity contribution in [2.45, 2.75) is 32.6 Å². The smallest absolute Gasteiger partial charge is 0.0755 e. The van der Waals surface area contributed by atoms with Crippen molar-refractivity contribution in [1.82, 2.24) is 4.98 Å². The summed E-state index contributed by atoms with van der Waals surface area (Å²) in [4.78, 5) is 4.44. The van der Waals surface area contributed by atoms with Gasteiger partial charge in [0.05, 0.1) is 10.5 Å². The molecule has 1 nitrogen and oxygen atoms in total. The van der Waals surface area contributed by atoms with Gasteiger partial charge in [0, 0.05) is 22.2 Å². The molecule has 0 amide bonds. The lowest BCUT2D eigenvalue weighted by molar-refractivity contribution is 0.510. The van der Waals surface area contributed by atoms with E-state index in [1.54, 1.807) is 6.20 Å². The maximum atomic E-state index is 6.33. The quantitative estimate of drug-likeness (QED) is 0.726. The van der Waals surface area contributed by atoms with E-state index < -0.39 is 0 Å². The van der Waals surface area contributed by atoms with Gasteiger partial charge in [-0.2, -0.15) is 0 Å². The van der Waals surface area contributed by atoms with E-state index in [4.69, 9.17) is 23.2 Å². The fourth-order valence-corrected chi connectivity index (χ4v) is 2.55. The van der Waals surface area contributed by atoms with Gasteiger partial charge in [-0.1, -0.05) is 50.0 Å². The summed E-state index contributed by atoms with van der Waals surface area (Å²) in [5.41, 5.74) is 2.07. The van der Waals surface area contributed by atoms with Gasteiger partial charge in [0.1, 0.15) is 0 Å². The van der Waals surface area contributed by atoms with Crippen LogP contribution in [0.2, 0.25) is 10.0 Å². The van der Waals surface area contributed by atoms with Gasteiger partial charge in [0.2, 0.25) is 0 Å². The van der Waals surface area contributed by atoms with Crippen molar-refractivity contribution in [2.24, 2.45) is 0 Å². The van der Waals surface area contributed by atoms with Crippen LogP contribution in [0.4, 0.5) is 0 Å². The van der Waals surface area contributed by atoms with Crippen molar-refractivity contribution >= 4 is 34.1 Å². The molecule has 1 aromatic heterocycles. The lowest BCUT2D eigenvalue weighted by Crippen LogP contribution is -2.17. The first-order chi connectivity index (χ1) is 7.95. The van der Waals surface area contributed by atoms with Crippen LogP contribution in [0.25, 0.3) is 10.9 Å². The number of rotatable bonds is 2. The molecule has 0 aliphatic carbocycles. The maximum Gasteiger partial charge on any atom is 0.0755 e. The Hall–Kier alpha value is -0.790. The van der Waals surface area contributed by atoms with Crippen LogP contribution in [0.3, 0.4) is 0 Å². The zero-order valence-corrected chi connectivity index (χ0v) is 11.7. The first-order valence-electron chi connectivity index (χ1n) is 5.70. The Kier molecular flexibility index (Phi) is 3.33. The van der Waals surface area contributed by atoms with Crippen LogP contribution in [0, 0.1) is 0 Å². The van der Waals surface area contributed by atoms with E-state index in [1.165, 1.54) is 0 Å². The van der Waals surface area contributed by atoms with E-state index in [9.17, 15) is 0 Å². The average Bonchev–Trinajstić information content (AvgIpc) is 2.29. The molecule has 2 aromatic rings. The van der Waals surface area contributed by atoms with E-state index in [-0.39, 0.29) is 5.41 Å². The second-order valence-corrected chi connectivity index (χ2v) is 5.73. The minimum atomic E-state index is 0.0113. The fourth-order valence-electron chi connectivity index (χ4n) is 1.97. The summed E-state index contributed by atoms with van der Waals surface area (Å²) in [5.74, 6) is 0. The van der Waals surface area contributed by atoms with Crippen LogP contribution in [0.15, 0.2) is 24.4 Å². The predicted molar refractivity (Wildman–Crippen MR) is 75.1 cm³/mol. The minimum Gasteiger partial charge on any atom is -0.254 e. The topological polar surface area (TPSA) is 12.9 Å². The van der Waals surface area contributed by atoms with Crippen molar-refractivity contribution in [3.05, 3.63) is 40.0 Å². The molecule has 17 heavy (non-hydrogen) atoms. The van der Waals surface area contributed by atoms with Crippen LogP contribution < -0.4 is 0 Å². The third-order valence-corrected chi connectivity index (χ3v) is 3.85. The zero-order chi connectivity index (χ0) is 12.6. The van der Waals surface area contributed by atoms with Gasteiger partial charge in [-0.05, 0) is 24.0 Å². The monoisotopic (exact) mass is 267 g/mol. The first-order valence-corrected chi connectivity index (χ1v) is 6.45. The van der Waals surface area contributed by atoms with Gasteiger partial charge >= 0.3 is 0 Å². The van der Waals surface area contributed by atoms with Crippen LogP contribution >= 0.6 is 23.2 Å². The summed E-state index contributed by atoms with van der Waals surface area (Å²) in [6.45, 7) is 6.53. The highest BCUT2D eigenvalue weighted by Crippen LogP contribution is 2.37. The molecule has 0 fully saturated rings. The predicted octanol–water partition coefficient (Wildman–Crippen LogP) is 5.23. The van der Waals surface area contributed by atoms with Gasteiger partial charge in [0.25, 0.3) is 0 Å². The molecular weight excluding hydrogens is 253 g/mol. The Bertz CT molecular complexity index is 561. The molecular formula is C14H15Cl2N. The molecule has 0 aliphatic rings. The zero-order valence-electron chi connectivity index (χ0n) is 10.2. The van der Waals surface area contributed by atoms with Crippen molar-refractivity contribution < 1.29 is 0 Å². The molecule has 0 aliphatic heterocycles. The second kappa shape index (κ2) is 4.47. The molecule has 90 valence electrons. The average molecular weight is 268 g/mol. The number of fused-ring (bicyclic) bond motifs is 1. The van der Waals surface area contributed by atoms with Crippen LogP contribution in [0.1, 0.15) is 32.8 Å². The summed E-state index contributed by atoms with van der Waals surface area (Å²) in [7, 11) is 0. The number of halogens is 2. The summed E-state index contributed by atoms with van der Waals surface area (Å²) < 4.78 is 0. The second-order valence-electron chi connectivity index (χ2n) is 4.89. The van der Waals surface area contributed by atoms with Crippen LogP contribution in [0.5, 0.6) is 0 Å². The third-order valence-electron chi connectivity index (χ3n) is 3.33. The van der Waals surface area contributed by atoms with Crippen molar-refractivity contribution in [3.8, 4) is 0 Å². The Labute approximate surface area is 112 Å². The maximum absolute atomic E-state index is 6.33. The molecule has 0 saturated carbocycles. The van der Waals surface area contributed by atoms with Crippen LogP contribution in [-0.2, 0) is 5.41 Å². The Morgan fingerprint density at radius 3 is 2.59 bits per heavy atom. The molecule has 0 N–H and O–H groups in total. The number of nitrogens with zero attached hydrogens (tertiary/aromatic N) is 1. The highest BCUT2D eigenvalue weighted by Gasteiger charge is 2.24. The molecule has 0 spiro atoms. The standard InChI is InChI=1S/C14H15Cl2N/c1-4-14(2,3)12-11(16)6-5-9-7-10(15)8-17-13(9)12/h5-8H,4H2,1-3H3. The lowest BCUT2D eigenvalue weighted by Gasteiger charge is -2.25. The van der Waals surface area contributed by atoms with E-state index >= 15 is 0 Å². The molecule has 0 radical (unpaired) electrons. The highest BCUT2D eigenvalue weighted by atomic mass is 35.5. The third kappa shape index (κ3) is 2.27. The van der Waals surface area contributed by atoms with Crippen molar-refractivity contribution in [2.75, 3.05) is 0 Å². The van der Waals surface area contributed by atoms with E-state index in [0.29, 0.717) is 5.02 Å². The molecule has 2 rings (SSSR count). The summed E-state index contributed by atoms with van der Waals surface area (Å²) in [5, 5.41) is 2.47. The number of hydrogen-bond acceptors (Lipinski definition) is 1. The SMILES string of the molecule is CCC(C)(C)c1c(Cl)ccc2cc(Cl)cnc12. The molecule has 0 saturated heterocycles. The van der Waals surface area contributed by atoms with E-state index in [1.807, 2.05) is 18.2 Å². The highest BCUT2D eigenvalue weighted by molar-refractivity contribution is 6.33. The molecule has 0 unspecified atom stereocenters. The van der Waals surface area contributed by atoms with Gasteiger partial charge in [-0.3, -0.25) is 4.98 Å². The van der Waals surface area contributed by atoms with Gasteiger partial charge in [-0.15, -0.1) is 0 Å². The van der Waals surface area contributed by atoms with Crippen LogP contribution in [-0.4, -0.2) is 4.98 Å². The summed E-state index contributed by atoms with van der Waals surface area (Å²) in [6.07, 6.45) is 2.69. The van der Waals surface area contributed by atoms with Gasteiger partial charge < -0.3 is 0 Å². The lowest BCUT2D eigenvalue weighted by atomic mass is 9.81. The normalized spacial score (nSPS) is 12.1. The number of hydrogen-bond donors (Lipinski definition) is 0. The first kappa shape index (κ1) is 12.7. The van der Waals surface area contributed by atoms with E-state index in [0.717, 1.165) is 27.9 Å². The number of benzene rings is 1. The summed E-state index contributed by atoms with van der Waals surface area (Å²) >= 11 is 12.3. The summed E-state index contributed by atoms with van der Waals surface area (Å²) in [6, 6.07) is 5.82. The Morgan fingerprint density at radius 2 is 1.94 bits per heavy atom. The molecule has 3 heteroatoms. The molecule has 1 heterocycles. The number of pyridine rings is 1. The minimum absolute atomic E-state index is 0.0113. The Balaban J connectivity index is 2.81.